The zero-order chi connectivity index (χ0) is 15.6. The van der Waals surface area contributed by atoms with Crippen molar-refractivity contribution in [1.29, 1.82) is 0 Å². The third kappa shape index (κ3) is 3.33. The van der Waals surface area contributed by atoms with Crippen LogP contribution in [0.4, 0.5) is 17.6 Å². The number of rotatable bonds is 4. The Bertz CT molecular complexity index is 658. The molecule has 1 unspecified atom stereocenters. The molecule has 1 N–H and O–H groups in total. The van der Waals surface area contributed by atoms with Gasteiger partial charge in [0, 0.05) is 18.1 Å². The van der Waals surface area contributed by atoms with Gasteiger partial charge in [0.1, 0.15) is 5.82 Å². The van der Waals surface area contributed by atoms with E-state index in [2.05, 4.69) is 0 Å². The Morgan fingerprint density at radius 2 is 1.62 bits per heavy atom. The van der Waals surface area contributed by atoms with Crippen molar-refractivity contribution >= 4 is 0 Å². The fraction of sp³-hybridized carbons (Fsp3) is 0.200. The largest absolute Gasteiger partial charge is 0.494 e. The Morgan fingerprint density at radius 1 is 0.952 bits per heavy atom. The van der Waals surface area contributed by atoms with Gasteiger partial charge in [-0.25, -0.2) is 17.6 Å². The molecule has 0 heterocycles. The van der Waals surface area contributed by atoms with Gasteiger partial charge in [0.25, 0.3) is 0 Å². The maximum absolute atomic E-state index is 13.5. The Balaban J connectivity index is 2.23. The molecule has 0 aliphatic carbocycles. The van der Waals surface area contributed by atoms with Crippen LogP contribution in [0.3, 0.4) is 0 Å². The molecule has 0 aliphatic rings. The molecule has 2 rings (SSSR count). The zero-order valence-corrected chi connectivity index (χ0v) is 11.0. The van der Waals surface area contributed by atoms with Crippen molar-refractivity contribution in [3.05, 3.63) is 64.7 Å². The van der Waals surface area contributed by atoms with E-state index in [0.29, 0.717) is 17.7 Å². The SMILES string of the molecule is COc1ccc(CC(O)c2cc(F)c(F)cc2F)cc1F. The van der Waals surface area contributed by atoms with Gasteiger partial charge in [-0.1, -0.05) is 6.07 Å². The summed E-state index contributed by atoms with van der Waals surface area (Å²) >= 11 is 0. The summed E-state index contributed by atoms with van der Waals surface area (Å²) < 4.78 is 57.7. The molecule has 0 aromatic heterocycles. The Labute approximate surface area is 118 Å². The van der Waals surface area contributed by atoms with Crippen LogP contribution < -0.4 is 4.74 Å². The highest BCUT2D eigenvalue weighted by molar-refractivity contribution is 5.31. The Hall–Kier alpha value is -2.08. The first kappa shape index (κ1) is 15.3. The highest BCUT2D eigenvalue weighted by Gasteiger charge is 2.18. The normalized spacial score (nSPS) is 12.3. The number of aliphatic hydroxyl groups excluding tert-OH is 1. The van der Waals surface area contributed by atoms with Gasteiger partial charge in [0.05, 0.1) is 13.2 Å². The number of aliphatic hydroxyl groups is 1. The Morgan fingerprint density at radius 3 is 2.24 bits per heavy atom. The van der Waals surface area contributed by atoms with E-state index < -0.39 is 29.4 Å². The van der Waals surface area contributed by atoms with Gasteiger partial charge in [-0.3, -0.25) is 0 Å². The lowest BCUT2D eigenvalue weighted by Crippen LogP contribution is -2.06. The van der Waals surface area contributed by atoms with E-state index in [1.54, 1.807) is 0 Å². The van der Waals surface area contributed by atoms with Gasteiger partial charge in [0.15, 0.2) is 23.2 Å². The molecule has 112 valence electrons. The molecule has 0 bridgehead atoms. The van der Waals surface area contributed by atoms with Gasteiger partial charge in [-0.15, -0.1) is 0 Å². The molecule has 0 radical (unpaired) electrons. The van der Waals surface area contributed by atoms with Gasteiger partial charge in [-0.05, 0) is 23.8 Å². The molecule has 0 fully saturated rings. The first-order valence-corrected chi connectivity index (χ1v) is 6.07. The van der Waals surface area contributed by atoms with Crippen molar-refractivity contribution in [2.75, 3.05) is 7.11 Å². The van der Waals surface area contributed by atoms with E-state index in [1.165, 1.54) is 19.2 Å². The number of hydrogen-bond acceptors (Lipinski definition) is 2. The first-order valence-electron chi connectivity index (χ1n) is 6.07. The van der Waals surface area contributed by atoms with Crippen molar-refractivity contribution in [2.24, 2.45) is 0 Å². The van der Waals surface area contributed by atoms with Crippen molar-refractivity contribution in [3.63, 3.8) is 0 Å². The van der Waals surface area contributed by atoms with Gasteiger partial charge >= 0.3 is 0 Å². The van der Waals surface area contributed by atoms with E-state index in [4.69, 9.17) is 4.74 Å². The molecule has 0 aliphatic heterocycles. The van der Waals surface area contributed by atoms with Crippen LogP contribution in [0, 0.1) is 23.3 Å². The number of halogens is 4. The second kappa shape index (κ2) is 6.13. The molecule has 0 saturated heterocycles. The fourth-order valence-electron chi connectivity index (χ4n) is 1.96. The lowest BCUT2D eigenvalue weighted by atomic mass is 10.0. The average Bonchev–Trinajstić information content (AvgIpc) is 2.43. The predicted molar refractivity (Wildman–Crippen MR) is 67.9 cm³/mol. The predicted octanol–water partition coefficient (Wildman–Crippen LogP) is 3.53. The number of methoxy groups -OCH3 is 1. The van der Waals surface area contributed by atoms with Gasteiger partial charge < -0.3 is 9.84 Å². The number of hydrogen-bond donors (Lipinski definition) is 1. The number of benzene rings is 2. The maximum atomic E-state index is 13.5. The van der Waals surface area contributed by atoms with E-state index >= 15 is 0 Å². The summed E-state index contributed by atoms with van der Waals surface area (Å²) in [5.74, 6) is -4.25. The summed E-state index contributed by atoms with van der Waals surface area (Å²) in [7, 11) is 1.31. The van der Waals surface area contributed by atoms with Crippen LogP contribution in [0.5, 0.6) is 5.75 Å². The first-order chi connectivity index (χ1) is 9.92. The second-order valence-electron chi connectivity index (χ2n) is 4.48. The van der Waals surface area contributed by atoms with Gasteiger partial charge in [0.2, 0.25) is 0 Å². The molecule has 2 nitrogen and oxygen atoms in total. The summed E-state index contributed by atoms with van der Waals surface area (Å²) in [6, 6.07) is 4.93. The molecule has 2 aromatic carbocycles. The smallest absolute Gasteiger partial charge is 0.165 e. The molecule has 21 heavy (non-hydrogen) atoms. The van der Waals surface area contributed by atoms with E-state index in [-0.39, 0.29) is 17.7 Å². The van der Waals surface area contributed by atoms with Crippen LogP contribution in [0.15, 0.2) is 30.3 Å². The van der Waals surface area contributed by atoms with Crippen molar-refractivity contribution < 1.29 is 27.4 Å². The average molecular weight is 300 g/mol. The van der Waals surface area contributed by atoms with Crippen LogP contribution in [0.2, 0.25) is 0 Å². The van der Waals surface area contributed by atoms with E-state index in [0.717, 1.165) is 6.07 Å². The molecule has 1 atom stereocenters. The van der Waals surface area contributed by atoms with Crippen molar-refractivity contribution in [1.82, 2.24) is 0 Å². The number of ether oxygens (including phenoxy) is 1. The molecule has 0 spiro atoms. The third-order valence-corrected chi connectivity index (χ3v) is 3.04. The summed E-state index contributed by atoms with van der Waals surface area (Å²) in [6.45, 7) is 0. The lowest BCUT2D eigenvalue weighted by Gasteiger charge is -2.13. The second-order valence-corrected chi connectivity index (χ2v) is 4.48. The molecular formula is C15H12F4O2. The topological polar surface area (TPSA) is 29.5 Å². The van der Waals surface area contributed by atoms with E-state index in [9.17, 15) is 22.7 Å². The quantitative estimate of drug-likeness (QED) is 0.691. The summed E-state index contributed by atoms with van der Waals surface area (Å²) in [5, 5.41) is 9.90. The zero-order valence-electron chi connectivity index (χ0n) is 11.0. The van der Waals surface area contributed by atoms with Crippen LogP contribution in [-0.2, 0) is 6.42 Å². The van der Waals surface area contributed by atoms with Crippen molar-refractivity contribution in [3.8, 4) is 5.75 Å². The van der Waals surface area contributed by atoms with Gasteiger partial charge in [-0.2, -0.15) is 0 Å². The molecule has 2 aromatic rings. The minimum absolute atomic E-state index is 0.0345. The molecule has 0 amide bonds. The standard InChI is InChI=1S/C15H12F4O2/c1-21-15-3-2-8(4-13(15)19)5-14(20)9-6-11(17)12(18)7-10(9)16/h2-4,6-7,14,20H,5H2,1H3. The lowest BCUT2D eigenvalue weighted by molar-refractivity contribution is 0.172. The molecule has 0 saturated carbocycles. The minimum atomic E-state index is -1.42. The van der Waals surface area contributed by atoms with Crippen LogP contribution in [-0.4, -0.2) is 12.2 Å². The van der Waals surface area contributed by atoms with E-state index in [1.807, 2.05) is 0 Å². The van der Waals surface area contributed by atoms with Crippen LogP contribution in [0.1, 0.15) is 17.2 Å². The summed E-state index contributed by atoms with van der Waals surface area (Å²) in [4.78, 5) is 0. The summed E-state index contributed by atoms with van der Waals surface area (Å²) in [6.07, 6.45) is -1.57. The van der Waals surface area contributed by atoms with Crippen LogP contribution >= 0.6 is 0 Å². The van der Waals surface area contributed by atoms with Crippen LogP contribution in [0.25, 0.3) is 0 Å². The monoisotopic (exact) mass is 300 g/mol. The molecule has 6 heteroatoms. The fourth-order valence-corrected chi connectivity index (χ4v) is 1.96. The summed E-state index contributed by atoms with van der Waals surface area (Å²) in [5.41, 5.74) is -0.0185. The Kier molecular flexibility index (Phi) is 4.47. The highest BCUT2D eigenvalue weighted by Crippen LogP contribution is 2.25. The maximum Gasteiger partial charge on any atom is 0.165 e. The highest BCUT2D eigenvalue weighted by atomic mass is 19.2. The third-order valence-electron chi connectivity index (χ3n) is 3.04. The minimum Gasteiger partial charge on any atom is -0.494 e. The molecular weight excluding hydrogens is 288 g/mol. The van der Waals surface area contributed by atoms with Crippen molar-refractivity contribution in [2.45, 2.75) is 12.5 Å².